The highest BCUT2D eigenvalue weighted by Gasteiger charge is 2.39. The van der Waals surface area contributed by atoms with Crippen LogP contribution in [0.2, 0.25) is 0 Å². The topological polar surface area (TPSA) is 58.6 Å². The van der Waals surface area contributed by atoms with Gasteiger partial charge in [0, 0.05) is 18.7 Å². The largest absolute Gasteiger partial charge is 0.493 e. The van der Waals surface area contributed by atoms with Gasteiger partial charge in [0.1, 0.15) is 11.8 Å². The second-order valence-electron chi connectivity index (χ2n) is 6.24. The first-order valence-corrected chi connectivity index (χ1v) is 7.89. The van der Waals surface area contributed by atoms with Crippen LogP contribution in [0.4, 0.5) is 0 Å². The van der Waals surface area contributed by atoms with Crippen molar-refractivity contribution >= 4 is 11.8 Å². The van der Waals surface area contributed by atoms with Crippen molar-refractivity contribution in [3.05, 3.63) is 29.8 Å². The molecule has 0 spiro atoms. The normalized spacial score (nSPS) is 24.5. The molecule has 0 bridgehead atoms. The zero-order valence-corrected chi connectivity index (χ0v) is 13.0. The highest BCUT2D eigenvalue weighted by Crippen LogP contribution is 2.35. The van der Waals surface area contributed by atoms with Crippen LogP contribution in [0.25, 0.3) is 0 Å². The standard InChI is InChI=1S/C17H22N2O3/c1-11(2)15-16(20)18-8-9-19(15)17(21)13-7-10-22-14-6-4-3-5-12(13)14/h3-6,11,13,15H,7-10H2,1-2H3,(H,18,20)/t13-,15+/m0/s1. The van der Waals surface area contributed by atoms with E-state index in [-0.39, 0.29) is 29.7 Å². The van der Waals surface area contributed by atoms with Crippen molar-refractivity contribution in [2.75, 3.05) is 19.7 Å². The summed E-state index contributed by atoms with van der Waals surface area (Å²) in [6.45, 7) is 5.60. The van der Waals surface area contributed by atoms with Crippen LogP contribution in [-0.4, -0.2) is 42.5 Å². The van der Waals surface area contributed by atoms with Gasteiger partial charge in [-0.15, -0.1) is 0 Å². The van der Waals surface area contributed by atoms with Crippen molar-refractivity contribution in [3.63, 3.8) is 0 Å². The van der Waals surface area contributed by atoms with E-state index < -0.39 is 0 Å². The van der Waals surface area contributed by atoms with Crippen LogP contribution in [0.3, 0.4) is 0 Å². The first-order valence-electron chi connectivity index (χ1n) is 7.89. The molecule has 0 saturated carbocycles. The van der Waals surface area contributed by atoms with Crippen LogP contribution in [0, 0.1) is 5.92 Å². The minimum atomic E-state index is -0.378. The fourth-order valence-electron chi connectivity index (χ4n) is 3.39. The maximum atomic E-state index is 13.1. The van der Waals surface area contributed by atoms with Gasteiger partial charge in [0.2, 0.25) is 11.8 Å². The Hall–Kier alpha value is -2.04. The van der Waals surface area contributed by atoms with E-state index in [2.05, 4.69) is 5.32 Å². The lowest BCUT2D eigenvalue weighted by Crippen LogP contribution is -2.60. The van der Waals surface area contributed by atoms with Crippen LogP contribution in [-0.2, 0) is 9.59 Å². The van der Waals surface area contributed by atoms with Crippen molar-refractivity contribution in [1.82, 2.24) is 10.2 Å². The Bertz CT molecular complexity index is 585. The summed E-state index contributed by atoms with van der Waals surface area (Å²) in [6, 6.07) is 7.31. The number of hydrogen-bond donors (Lipinski definition) is 1. The number of nitrogens with one attached hydrogen (secondary N) is 1. The maximum absolute atomic E-state index is 13.1. The molecule has 1 aromatic rings. The Labute approximate surface area is 130 Å². The third-order valence-electron chi connectivity index (χ3n) is 4.43. The van der Waals surface area contributed by atoms with E-state index in [0.29, 0.717) is 26.1 Å². The summed E-state index contributed by atoms with van der Waals surface area (Å²) in [5.74, 6) is 0.672. The molecular formula is C17H22N2O3. The molecular weight excluding hydrogens is 280 g/mol. The molecule has 2 amide bonds. The molecule has 0 aliphatic carbocycles. The number of carbonyl (C=O) groups is 2. The van der Waals surface area contributed by atoms with Crippen LogP contribution >= 0.6 is 0 Å². The van der Waals surface area contributed by atoms with E-state index in [1.807, 2.05) is 38.1 Å². The van der Waals surface area contributed by atoms with E-state index in [9.17, 15) is 9.59 Å². The molecule has 3 rings (SSSR count). The summed E-state index contributed by atoms with van der Waals surface area (Å²) < 4.78 is 5.64. The molecule has 1 aromatic carbocycles. The van der Waals surface area contributed by atoms with Gasteiger partial charge in [0.25, 0.3) is 0 Å². The van der Waals surface area contributed by atoms with Gasteiger partial charge in [-0.2, -0.15) is 0 Å². The highest BCUT2D eigenvalue weighted by atomic mass is 16.5. The number of ether oxygens (including phenoxy) is 1. The van der Waals surface area contributed by atoms with Gasteiger partial charge < -0.3 is 15.0 Å². The first-order chi connectivity index (χ1) is 10.6. The quantitative estimate of drug-likeness (QED) is 0.901. The predicted molar refractivity (Wildman–Crippen MR) is 82.6 cm³/mol. The molecule has 0 aromatic heterocycles. The number of hydrogen-bond acceptors (Lipinski definition) is 3. The van der Waals surface area contributed by atoms with Gasteiger partial charge in [0.15, 0.2) is 0 Å². The third kappa shape index (κ3) is 2.56. The first kappa shape index (κ1) is 14.9. The van der Waals surface area contributed by atoms with Gasteiger partial charge in [-0.1, -0.05) is 32.0 Å². The van der Waals surface area contributed by atoms with Gasteiger partial charge in [-0.3, -0.25) is 9.59 Å². The zero-order valence-electron chi connectivity index (χ0n) is 13.0. The number of carbonyl (C=O) groups excluding carboxylic acids is 2. The second kappa shape index (κ2) is 5.99. The molecule has 0 radical (unpaired) electrons. The van der Waals surface area contributed by atoms with E-state index in [1.54, 1.807) is 4.90 Å². The fourth-order valence-corrected chi connectivity index (χ4v) is 3.39. The number of benzene rings is 1. The Balaban J connectivity index is 1.89. The van der Waals surface area contributed by atoms with Crippen LogP contribution in [0.5, 0.6) is 5.75 Å². The van der Waals surface area contributed by atoms with Gasteiger partial charge in [-0.25, -0.2) is 0 Å². The molecule has 2 atom stereocenters. The molecule has 5 nitrogen and oxygen atoms in total. The van der Waals surface area contributed by atoms with Gasteiger partial charge >= 0.3 is 0 Å². The molecule has 1 fully saturated rings. The molecule has 1 N–H and O–H groups in total. The Morgan fingerprint density at radius 2 is 2.14 bits per heavy atom. The lowest BCUT2D eigenvalue weighted by Gasteiger charge is -2.40. The molecule has 2 aliphatic heterocycles. The summed E-state index contributed by atoms with van der Waals surface area (Å²) in [7, 11) is 0. The number of fused-ring (bicyclic) bond motifs is 1. The molecule has 0 unspecified atom stereocenters. The van der Waals surface area contributed by atoms with Crippen molar-refractivity contribution in [1.29, 1.82) is 0 Å². The van der Waals surface area contributed by atoms with Crippen LogP contribution in [0.1, 0.15) is 31.7 Å². The van der Waals surface area contributed by atoms with Gasteiger partial charge in [-0.05, 0) is 18.4 Å². The molecule has 5 heteroatoms. The summed E-state index contributed by atoms with van der Waals surface area (Å²) in [4.78, 5) is 27.0. The highest BCUT2D eigenvalue weighted by molar-refractivity contribution is 5.92. The monoisotopic (exact) mass is 302 g/mol. The maximum Gasteiger partial charge on any atom is 0.243 e. The SMILES string of the molecule is CC(C)[C@@H]1C(=O)NCCN1C(=O)[C@H]1CCOc2ccccc21. The minimum Gasteiger partial charge on any atom is -0.493 e. The average molecular weight is 302 g/mol. The lowest BCUT2D eigenvalue weighted by atomic mass is 9.89. The van der Waals surface area contributed by atoms with E-state index in [4.69, 9.17) is 4.74 Å². The second-order valence-corrected chi connectivity index (χ2v) is 6.24. The van der Waals surface area contributed by atoms with Crippen molar-refractivity contribution in [3.8, 4) is 5.75 Å². The Kier molecular flexibility index (Phi) is 4.05. The van der Waals surface area contributed by atoms with E-state index in [1.165, 1.54) is 0 Å². The lowest BCUT2D eigenvalue weighted by molar-refractivity contribution is -0.146. The Morgan fingerprint density at radius 1 is 1.36 bits per heavy atom. The van der Waals surface area contributed by atoms with E-state index >= 15 is 0 Å². The summed E-state index contributed by atoms with van der Waals surface area (Å²) in [6.07, 6.45) is 0.665. The zero-order chi connectivity index (χ0) is 15.7. The Morgan fingerprint density at radius 3 is 2.91 bits per heavy atom. The molecule has 2 aliphatic rings. The molecule has 118 valence electrons. The van der Waals surface area contributed by atoms with Crippen molar-refractivity contribution in [2.24, 2.45) is 5.92 Å². The predicted octanol–water partition coefficient (Wildman–Crippen LogP) is 1.54. The number of piperazine rings is 1. The van der Waals surface area contributed by atoms with E-state index in [0.717, 1.165) is 11.3 Å². The summed E-state index contributed by atoms with van der Waals surface area (Å²) >= 11 is 0. The smallest absolute Gasteiger partial charge is 0.243 e. The number of amides is 2. The number of rotatable bonds is 2. The number of para-hydroxylation sites is 1. The van der Waals surface area contributed by atoms with Gasteiger partial charge in [0.05, 0.1) is 12.5 Å². The number of nitrogens with zero attached hydrogens (tertiary/aromatic N) is 1. The third-order valence-corrected chi connectivity index (χ3v) is 4.43. The summed E-state index contributed by atoms with van der Waals surface area (Å²) in [5.41, 5.74) is 0.937. The molecule has 22 heavy (non-hydrogen) atoms. The van der Waals surface area contributed by atoms with Crippen molar-refractivity contribution in [2.45, 2.75) is 32.2 Å². The fraction of sp³-hybridized carbons (Fsp3) is 0.529. The van der Waals surface area contributed by atoms with Crippen molar-refractivity contribution < 1.29 is 14.3 Å². The van der Waals surface area contributed by atoms with Crippen LogP contribution < -0.4 is 10.1 Å². The van der Waals surface area contributed by atoms with Crippen LogP contribution in [0.15, 0.2) is 24.3 Å². The summed E-state index contributed by atoms with van der Waals surface area (Å²) in [5, 5.41) is 2.86. The minimum absolute atomic E-state index is 0.0456. The molecule has 2 heterocycles. The average Bonchev–Trinajstić information content (AvgIpc) is 2.53. The molecule has 1 saturated heterocycles.